The average molecular weight is 294 g/mol. The molecule has 1 amide bonds. The van der Waals surface area contributed by atoms with Crippen LogP contribution in [0.5, 0.6) is 0 Å². The van der Waals surface area contributed by atoms with Gasteiger partial charge < -0.3 is 5.32 Å². The van der Waals surface area contributed by atoms with Gasteiger partial charge in [-0.05, 0) is 49.2 Å². The van der Waals surface area contributed by atoms with E-state index < -0.39 is 5.82 Å². The molecule has 0 aliphatic heterocycles. The molecule has 0 aliphatic rings. The molecule has 0 spiro atoms. The van der Waals surface area contributed by atoms with E-state index in [0.717, 1.165) is 22.0 Å². The van der Waals surface area contributed by atoms with E-state index in [0.29, 0.717) is 5.69 Å². The number of aromatic nitrogens is 1. The van der Waals surface area contributed by atoms with Crippen LogP contribution in [0.15, 0.2) is 48.7 Å². The Bertz CT molecular complexity index is 874. The van der Waals surface area contributed by atoms with Gasteiger partial charge in [-0.3, -0.25) is 9.78 Å². The molecule has 22 heavy (non-hydrogen) atoms. The van der Waals surface area contributed by atoms with Gasteiger partial charge >= 0.3 is 0 Å². The number of hydrogen-bond acceptors (Lipinski definition) is 2. The quantitative estimate of drug-likeness (QED) is 0.768. The van der Waals surface area contributed by atoms with Crippen molar-refractivity contribution in [2.75, 3.05) is 5.32 Å². The Hall–Kier alpha value is -2.75. The fourth-order valence-corrected chi connectivity index (χ4v) is 2.39. The molecule has 0 atom stereocenters. The minimum atomic E-state index is -0.432. The van der Waals surface area contributed by atoms with Crippen molar-refractivity contribution in [3.05, 3.63) is 71.2 Å². The van der Waals surface area contributed by atoms with Crippen LogP contribution < -0.4 is 5.32 Å². The van der Waals surface area contributed by atoms with Gasteiger partial charge in [-0.2, -0.15) is 0 Å². The number of carbonyl (C=O) groups excluding carboxylic acids is 1. The number of anilines is 1. The van der Waals surface area contributed by atoms with Crippen molar-refractivity contribution in [1.29, 1.82) is 0 Å². The highest BCUT2D eigenvalue weighted by Gasteiger charge is 2.11. The lowest BCUT2D eigenvalue weighted by molar-refractivity contribution is 0.102. The summed E-state index contributed by atoms with van der Waals surface area (Å²) in [6, 6.07) is 11.3. The summed E-state index contributed by atoms with van der Waals surface area (Å²) < 4.78 is 13.2. The molecule has 0 saturated heterocycles. The molecule has 3 nitrogen and oxygen atoms in total. The smallest absolute Gasteiger partial charge is 0.255 e. The topological polar surface area (TPSA) is 42.0 Å². The van der Waals surface area contributed by atoms with Gasteiger partial charge in [0.1, 0.15) is 5.82 Å². The van der Waals surface area contributed by atoms with Gasteiger partial charge in [0.15, 0.2) is 0 Å². The number of aryl methyl sites for hydroxylation is 2. The number of nitrogens with one attached hydrogen (secondary N) is 1. The van der Waals surface area contributed by atoms with E-state index in [1.54, 1.807) is 18.3 Å². The summed E-state index contributed by atoms with van der Waals surface area (Å²) in [6.07, 6.45) is 1.66. The molecule has 2 aromatic carbocycles. The summed E-state index contributed by atoms with van der Waals surface area (Å²) in [5.74, 6) is -0.774. The van der Waals surface area contributed by atoms with Crippen LogP contribution in [0.1, 0.15) is 21.5 Å². The molecule has 1 aromatic heterocycles. The number of halogens is 1. The molecule has 0 fully saturated rings. The lowest BCUT2D eigenvalue weighted by atomic mass is 10.0. The van der Waals surface area contributed by atoms with Gasteiger partial charge in [-0.15, -0.1) is 0 Å². The summed E-state index contributed by atoms with van der Waals surface area (Å²) in [4.78, 5) is 16.6. The van der Waals surface area contributed by atoms with E-state index in [1.165, 1.54) is 18.2 Å². The van der Waals surface area contributed by atoms with Crippen LogP contribution in [0.2, 0.25) is 0 Å². The Kier molecular flexibility index (Phi) is 3.59. The van der Waals surface area contributed by atoms with Gasteiger partial charge in [0.2, 0.25) is 0 Å². The van der Waals surface area contributed by atoms with Gasteiger partial charge in [0.05, 0.1) is 11.2 Å². The number of nitrogens with zero attached hydrogens (tertiary/aromatic N) is 1. The largest absolute Gasteiger partial charge is 0.321 e. The molecule has 0 unspecified atom stereocenters. The maximum atomic E-state index is 13.2. The Morgan fingerprint density at radius 3 is 2.73 bits per heavy atom. The van der Waals surface area contributed by atoms with Crippen molar-refractivity contribution in [3.63, 3.8) is 0 Å². The van der Waals surface area contributed by atoms with E-state index in [9.17, 15) is 9.18 Å². The second kappa shape index (κ2) is 5.56. The maximum absolute atomic E-state index is 13.2. The first kappa shape index (κ1) is 14.2. The van der Waals surface area contributed by atoms with Crippen molar-refractivity contribution in [3.8, 4) is 0 Å². The Labute approximate surface area is 127 Å². The lowest BCUT2D eigenvalue weighted by Gasteiger charge is -2.11. The molecule has 1 N–H and O–H groups in total. The van der Waals surface area contributed by atoms with E-state index in [4.69, 9.17) is 0 Å². The fraction of sp³-hybridized carbons (Fsp3) is 0.111. The van der Waals surface area contributed by atoms with Crippen LogP contribution >= 0.6 is 0 Å². The van der Waals surface area contributed by atoms with Crippen LogP contribution in [0.4, 0.5) is 10.1 Å². The average Bonchev–Trinajstić information content (AvgIpc) is 2.51. The number of benzene rings is 2. The number of fused-ring (bicyclic) bond motifs is 1. The number of pyridine rings is 1. The molecule has 3 rings (SSSR count). The van der Waals surface area contributed by atoms with E-state index in [-0.39, 0.29) is 11.5 Å². The van der Waals surface area contributed by atoms with E-state index >= 15 is 0 Å². The number of carbonyl (C=O) groups is 1. The van der Waals surface area contributed by atoms with Crippen molar-refractivity contribution in [2.24, 2.45) is 0 Å². The first-order valence-corrected chi connectivity index (χ1v) is 6.98. The van der Waals surface area contributed by atoms with Crippen molar-refractivity contribution in [2.45, 2.75) is 13.8 Å². The van der Waals surface area contributed by atoms with Crippen molar-refractivity contribution < 1.29 is 9.18 Å². The van der Waals surface area contributed by atoms with Crippen LogP contribution in [0, 0.1) is 19.7 Å². The zero-order chi connectivity index (χ0) is 15.7. The van der Waals surface area contributed by atoms with Crippen LogP contribution in [-0.4, -0.2) is 10.9 Å². The summed E-state index contributed by atoms with van der Waals surface area (Å²) >= 11 is 0. The molecular formula is C18H15FN2O. The predicted molar refractivity (Wildman–Crippen MR) is 85.6 cm³/mol. The van der Waals surface area contributed by atoms with Crippen LogP contribution in [0.25, 0.3) is 10.9 Å². The Morgan fingerprint density at radius 2 is 1.95 bits per heavy atom. The maximum Gasteiger partial charge on any atom is 0.255 e. The molecule has 0 bridgehead atoms. The highest BCUT2D eigenvalue weighted by atomic mass is 19.1. The third kappa shape index (κ3) is 2.55. The van der Waals surface area contributed by atoms with Crippen molar-refractivity contribution in [1.82, 2.24) is 4.98 Å². The molecule has 0 aliphatic carbocycles. The van der Waals surface area contributed by atoms with Crippen LogP contribution in [0.3, 0.4) is 0 Å². The zero-order valence-electron chi connectivity index (χ0n) is 12.4. The SMILES string of the molecule is Cc1ccc2c(NC(=O)c3cccc(F)c3)ccnc2c1C. The third-order valence-corrected chi connectivity index (χ3v) is 3.77. The van der Waals surface area contributed by atoms with Gasteiger partial charge in [-0.25, -0.2) is 4.39 Å². The monoisotopic (exact) mass is 294 g/mol. The third-order valence-electron chi connectivity index (χ3n) is 3.77. The fourth-order valence-electron chi connectivity index (χ4n) is 2.39. The molecule has 4 heteroatoms. The first-order valence-electron chi connectivity index (χ1n) is 6.98. The van der Waals surface area contributed by atoms with Gasteiger partial charge in [-0.1, -0.05) is 18.2 Å². The second-order valence-electron chi connectivity index (χ2n) is 5.23. The summed E-state index contributed by atoms with van der Waals surface area (Å²) in [5, 5.41) is 3.70. The Morgan fingerprint density at radius 1 is 1.14 bits per heavy atom. The molecular weight excluding hydrogens is 279 g/mol. The number of rotatable bonds is 2. The zero-order valence-corrected chi connectivity index (χ0v) is 12.4. The predicted octanol–water partition coefficient (Wildman–Crippen LogP) is 4.24. The summed E-state index contributed by atoms with van der Waals surface area (Å²) in [6.45, 7) is 4.03. The minimum Gasteiger partial charge on any atom is -0.321 e. The first-order chi connectivity index (χ1) is 10.6. The Balaban J connectivity index is 2.01. The van der Waals surface area contributed by atoms with Crippen LogP contribution in [-0.2, 0) is 0 Å². The molecule has 0 radical (unpaired) electrons. The molecule has 0 saturated carbocycles. The van der Waals surface area contributed by atoms with Gasteiger partial charge in [0, 0.05) is 17.1 Å². The molecule has 1 heterocycles. The highest BCUT2D eigenvalue weighted by molar-refractivity contribution is 6.08. The minimum absolute atomic E-state index is 0.286. The van der Waals surface area contributed by atoms with E-state index in [1.807, 2.05) is 26.0 Å². The highest BCUT2D eigenvalue weighted by Crippen LogP contribution is 2.26. The summed E-state index contributed by atoms with van der Waals surface area (Å²) in [5.41, 5.74) is 4.04. The second-order valence-corrected chi connectivity index (χ2v) is 5.23. The van der Waals surface area contributed by atoms with E-state index in [2.05, 4.69) is 10.3 Å². The standard InChI is InChI=1S/C18H15FN2O/c1-11-6-7-15-16(8-9-20-17(15)12(11)2)21-18(22)13-4-3-5-14(19)10-13/h3-10H,1-2H3,(H,20,21,22). The number of amides is 1. The normalized spacial score (nSPS) is 10.7. The lowest BCUT2D eigenvalue weighted by Crippen LogP contribution is -2.12. The summed E-state index contributed by atoms with van der Waals surface area (Å²) in [7, 11) is 0. The number of hydrogen-bond donors (Lipinski definition) is 1. The molecule has 3 aromatic rings. The van der Waals surface area contributed by atoms with Crippen molar-refractivity contribution >= 4 is 22.5 Å². The van der Waals surface area contributed by atoms with Gasteiger partial charge in [0.25, 0.3) is 5.91 Å². The molecule has 110 valence electrons.